The molecular formula is C29H20ClFN2O5. The summed E-state index contributed by atoms with van der Waals surface area (Å²) in [6.45, 7) is 2.34. The Morgan fingerprint density at radius 3 is 2.87 bits per heavy atom. The first-order valence-corrected chi connectivity index (χ1v) is 12.3. The fourth-order valence-corrected chi connectivity index (χ4v) is 5.24. The summed E-state index contributed by atoms with van der Waals surface area (Å²) in [5.41, 5.74) is 1.84. The molecule has 0 amide bonds. The summed E-state index contributed by atoms with van der Waals surface area (Å²) in [7, 11) is 0. The molecule has 2 aromatic carbocycles. The van der Waals surface area contributed by atoms with Crippen molar-refractivity contribution in [2.75, 3.05) is 6.61 Å². The molecule has 3 aromatic heterocycles. The first-order valence-electron chi connectivity index (χ1n) is 11.9. The Morgan fingerprint density at radius 1 is 1.26 bits per heavy atom. The number of aromatic nitrogens is 2. The third-order valence-corrected chi connectivity index (χ3v) is 6.97. The maximum atomic E-state index is 15.2. The number of ketones is 1. The fraction of sp³-hybridized carbons (Fsp3) is 0.138. The number of allylic oxidation sites excluding steroid dienone is 4. The minimum Gasteiger partial charge on any atom is -0.494 e. The molecule has 0 spiro atoms. The topological polar surface area (TPSA) is 94.6 Å². The highest BCUT2D eigenvalue weighted by atomic mass is 35.5. The van der Waals surface area contributed by atoms with E-state index in [1.54, 1.807) is 36.4 Å². The van der Waals surface area contributed by atoms with E-state index in [9.17, 15) is 14.7 Å². The van der Waals surface area contributed by atoms with Gasteiger partial charge in [0.15, 0.2) is 5.78 Å². The van der Waals surface area contributed by atoms with Crippen molar-refractivity contribution in [1.82, 2.24) is 9.55 Å². The minimum atomic E-state index is -1.27. The molecule has 0 radical (unpaired) electrons. The van der Waals surface area contributed by atoms with Crippen LogP contribution in [-0.2, 0) is 11.3 Å². The number of hydrogen-bond acceptors (Lipinski definition) is 5. The van der Waals surface area contributed by atoms with Crippen LogP contribution in [-0.4, -0.2) is 33.0 Å². The van der Waals surface area contributed by atoms with Crippen LogP contribution in [0.2, 0.25) is 5.15 Å². The summed E-state index contributed by atoms with van der Waals surface area (Å²) in [5, 5.41) is 11.9. The molecule has 0 saturated heterocycles. The van der Waals surface area contributed by atoms with Gasteiger partial charge in [-0.2, -0.15) is 0 Å². The average Bonchev–Trinajstić information content (AvgIpc) is 3.49. The minimum absolute atomic E-state index is 0.0399. The van der Waals surface area contributed by atoms with Crippen LogP contribution in [0.15, 0.2) is 65.3 Å². The van der Waals surface area contributed by atoms with Gasteiger partial charge in [-0.15, -0.1) is 0 Å². The molecule has 3 heterocycles. The van der Waals surface area contributed by atoms with Gasteiger partial charge < -0.3 is 18.8 Å². The molecule has 190 valence electrons. The van der Waals surface area contributed by atoms with Gasteiger partial charge in [0, 0.05) is 28.5 Å². The summed E-state index contributed by atoms with van der Waals surface area (Å²) in [5.74, 6) is -1.43. The molecule has 0 atom stereocenters. The van der Waals surface area contributed by atoms with Crippen molar-refractivity contribution in [2.24, 2.45) is 0 Å². The van der Waals surface area contributed by atoms with Crippen LogP contribution in [0.25, 0.3) is 38.3 Å². The lowest BCUT2D eigenvalue weighted by molar-refractivity contribution is -0.113. The van der Waals surface area contributed by atoms with Gasteiger partial charge in [-0.1, -0.05) is 29.8 Å². The second kappa shape index (κ2) is 9.15. The number of Topliss-reactive ketones (excluding diaryl/α,β-unsaturated/α-hetero) is 1. The smallest absolute Gasteiger partial charge is 0.353 e. The Bertz CT molecular complexity index is 1860. The molecule has 0 bridgehead atoms. The van der Waals surface area contributed by atoms with Crippen LogP contribution < -0.4 is 4.74 Å². The number of benzene rings is 2. The molecule has 6 rings (SSSR count). The number of halogens is 2. The molecule has 7 nitrogen and oxygen atoms in total. The number of nitrogens with zero attached hydrogens (tertiary/aromatic N) is 2. The van der Waals surface area contributed by atoms with Crippen molar-refractivity contribution >= 4 is 61.7 Å². The second-order valence-corrected chi connectivity index (χ2v) is 9.25. The molecular weight excluding hydrogens is 511 g/mol. The van der Waals surface area contributed by atoms with E-state index in [1.165, 1.54) is 23.0 Å². The highest BCUT2D eigenvalue weighted by Crippen LogP contribution is 2.40. The number of aromatic carboxylic acids is 1. The van der Waals surface area contributed by atoms with E-state index < -0.39 is 11.8 Å². The number of pyridine rings is 1. The van der Waals surface area contributed by atoms with E-state index in [1.807, 2.05) is 13.0 Å². The monoisotopic (exact) mass is 530 g/mol. The van der Waals surface area contributed by atoms with E-state index in [0.29, 0.717) is 28.8 Å². The number of carbonyl (C=O) groups is 2. The summed E-state index contributed by atoms with van der Waals surface area (Å²) in [6.07, 6.45) is 6.45. The summed E-state index contributed by atoms with van der Waals surface area (Å²) in [4.78, 5) is 30.2. The lowest BCUT2D eigenvalue weighted by atomic mass is 9.93. The van der Waals surface area contributed by atoms with E-state index in [2.05, 4.69) is 4.98 Å². The number of rotatable bonds is 6. The van der Waals surface area contributed by atoms with E-state index in [0.717, 1.165) is 5.39 Å². The molecule has 9 heteroatoms. The van der Waals surface area contributed by atoms with Crippen LogP contribution in [0.1, 0.15) is 35.0 Å². The lowest BCUT2D eigenvalue weighted by Gasteiger charge is -2.13. The maximum absolute atomic E-state index is 15.2. The Morgan fingerprint density at radius 2 is 2.11 bits per heavy atom. The van der Waals surface area contributed by atoms with Gasteiger partial charge in [-0.25, -0.2) is 14.2 Å². The van der Waals surface area contributed by atoms with Gasteiger partial charge in [0.2, 0.25) is 0 Å². The number of hydrogen-bond donors (Lipinski definition) is 1. The van der Waals surface area contributed by atoms with Gasteiger partial charge in [0.25, 0.3) is 0 Å². The van der Waals surface area contributed by atoms with Crippen molar-refractivity contribution in [3.63, 3.8) is 0 Å². The quantitative estimate of drug-likeness (QED) is 0.243. The molecule has 0 unspecified atom stereocenters. The highest BCUT2D eigenvalue weighted by Gasteiger charge is 2.31. The number of furan rings is 1. The number of carboxylic acid groups (broad SMARTS) is 1. The summed E-state index contributed by atoms with van der Waals surface area (Å²) < 4.78 is 27.9. The van der Waals surface area contributed by atoms with Gasteiger partial charge in [-0.3, -0.25) is 4.79 Å². The number of ether oxygens (including phenoxy) is 1. The van der Waals surface area contributed by atoms with Crippen LogP contribution in [0.5, 0.6) is 5.75 Å². The summed E-state index contributed by atoms with van der Waals surface area (Å²) >= 11 is 6.55. The highest BCUT2D eigenvalue weighted by molar-refractivity contribution is 6.31. The van der Waals surface area contributed by atoms with Crippen LogP contribution in [0, 0.1) is 5.82 Å². The molecule has 0 fully saturated rings. The number of fused-ring (bicyclic) bond motifs is 4. The zero-order valence-electron chi connectivity index (χ0n) is 20.1. The molecule has 0 aliphatic heterocycles. The normalized spacial score (nSPS) is 13.6. The van der Waals surface area contributed by atoms with Crippen molar-refractivity contribution in [2.45, 2.75) is 19.9 Å². The fourth-order valence-electron chi connectivity index (χ4n) is 5.03. The number of carboxylic acids is 1. The maximum Gasteiger partial charge on any atom is 0.353 e. The summed E-state index contributed by atoms with van der Waals surface area (Å²) in [6, 6.07) is 9.96. The first kappa shape index (κ1) is 23.9. The SMILES string of the molecule is CCOc1ccc2nc(Cl)c(Cn3c(C(=O)O)c(C4=CC=CCC4=O)c4c5occc5c(F)cc43)cc2c1. The predicted molar refractivity (Wildman–Crippen MR) is 142 cm³/mol. The standard InChI is InChI=1S/C29H20ClFN2O5/c1-2-37-17-7-8-21-15(12-17)11-16(28(30)32-21)14-33-22-13-20(31)18-9-10-38-27(18)25(22)24(26(33)29(35)36)19-5-3-4-6-23(19)34/h3-5,7-13H,2,6,14H2,1H3,(H,35,36). The van der Waals surface area contributed by atoms with Gasteiger partial charge in [-0.05, 0) is 43.3 Å². The largest absolute Gasteiger partial charge is 0.494 e. The van der Waals surface area contributed by atoms with E-state index in [-0.39, 0.29) is 57.2 Å². The van der Waals surface area contributed by atoms with Crippen molar-refractivity contribution in [3.8, 4) is 5.75 Å². The lowest BCUT2D eigenvalue weighted by Crippen LogP contribution is -2.14. The van der Waals surface area contributed by atoms with Crippen molar-refractivity contribution < 1.29 is 28.2 Å². The third kappa shape index (κ3) is 3.76. The Balaban J connectivity index is 1.65. The van der Waals surface area contributed by atoms with Crippen molar-refractivity contribution in [1.29, 1.82) is 0 Å². The second-order valence-electron chi connectivity index (χ2n) is 8.89. The van der Waals surface area contributed by atoms with Crippen LogP contribution in [0.4, 0.5) is 4.39 Å². The predicted octanol–water partition coefficient (Wildman–Crippen LogP) is 6.79. The zero-order chi connectivity index (χ0) is 26.6. The molecule has 38 heavy (non-hydrogen) atoms. The van der Waals surface area contributed by atoms with Crippen molar-refractivity contribution in [3.05, 3.63) is 88.7 Å². The molecule has 1 N–H and O–H groups in total. The molecule has 1 aliphatic carbocycles. The van der Waals surface area contributed by atoms with E-state index in [4.69, 9.17) is 20.8 Å². The third-order valence-electron chi connectivity index (χ3n) is 6.64. The Hall–Kier alpha value is -4.43. The average molecular weight is 531 g/mol. The van der Waals surface area contributed by atoms with Crippen LogP contribution in [0.3, 0.4) is 0 Å². The Kier molecular flexibility index (Phi) is 5.76. The first-order chi connectivity index (χ1) is 18.4. The van der Waals surface area contributed by atoms with Gasteiger partial charge in [0.05, 0.1) is 41.2 Å². The van der Waals surface area contributed by atoms with Gasteiger partial charge >= 0.3 is 5.97 Å². The Labute approximate surface area is 220 Å². The molecule has 1 aliphatic rings. The van der Waals surface area contributed by atoms with Crippen LogP contribution >= 0.6 is 11.6 Å². The van der Waals surface area contributed by atoms with E-state index >= 15 is 4.39 Å². The van der Waals surface area contributed by atoms with Gasteiger partial charge in [0.1, 0.15) is 28.0 Å². The molecule has 5 aromatic rings. The molecule has 0 saturated carbocycles. The number of carbonyl (C=O) groups excluding carboxylic acids is 1. The zero-order valence-corrected chi connectivity index (χ0v) is 20.9.